The average molecular weight is 319 g/mol. The molecule has 1 aromatic rings. The Labute approximate surface area is 135 Å². The highest BCUT2D eigenvalue weighted by Gasteiger charge is 2.23. The number of hydrogen-bond acceptors (Lipinski definition) is 3. The summed E-state index contributed by atoms with van der Waals surface area (Å²) in [6, 6.07) is 6.86. The number of benzene rings is 1. The van der Waals surface area contributed by atoms with Gasteiger partial charge in [-0.05, 0) is 36.8 Å². The minimum atomic E-state index is -0.124. The van der Waals surface area contributed by atoms with E-state index in [9.17, 15) is 4.79 Å². The van der Waals surface area contributed by atoms with Crippen molar-refractivity contribution in [1.82, 2.24) is 10.6 Å². The number of allylic oxidation sites excluding steroid dienone is 2. The lowest BCUT2D eigenvalue weighted by Crippen LogP contribution is -2.42. The van der Waals surface area contributed by atoms with E-state index in [1.165, 1.54) is 0 Å². The molecule has 0 radical (unpaired) electrons. The monoisotopic (exact) mass is 318 g/mol. The predicted octanol–water partition coefficient (Wildman–Crippen LogP) is 2.52. The van der Waals surface area contributed by atoms with Crippen LogP contribution < -0.4 is 10.6 Å². The second-order valence-corrected chi connectivity index (χ2v) is 5.93. The number of carbonyl (C=O) groups excluding carboxylic acids is 1. The summed E-state index contributed by atoms with van der Waals surface area (Å²) < 4.78 is 5.77. The van der Waals surface area contributed by atoms with Crippen molar-refractivity contribution >= 4 is 17.5 Å². The van der Waals surface area contributed by atoms with Crippen LogP contribution >= 0.6 is 11.6 Å². The normalized spacial score (nSPS) is 24.7. The number of morpholine rings is 1. The molecule has 1 amide bonds. The van der Waals surface area contributed by atoms with Gasteiger partial charge in [-0.2, -0.15) is 0 Å². The average Bonchev–Trinajstić information content (AvgIpc) is 2.57. The third kappa shape index (κ3) is 3.77. The molecular weight excluding hydrogens is 300 g/mol. The van der Waals surface area contributed by atoms with Gasteiger partial charge >= 0.3 is 0 Å². The van der Waals surface area contributed by atoms with Gasteiger partial charge in [0.05, 0.1) is 12.7 Å². The highest BCUT2D eigenvalue weighted by atomic mass is 35.5. The molecule has 0 spiro atoms. The summed E-state index contributed by atoms with van der Waals surface area (Å²) in [7, 11) is 0. The maximum Gasteiger partial charge on any atom is 0.255 e. The quantitative estimate of drug-likeness (QED) is 0.900. The lowest BCUT2D eigenvalue weighted by atomic mass is 9.93. The van der Waals surface area contributed by atoms with Gasteiger partial charge in [-0.15, -0.1) is 0 Å². The van der Waals surface area contributed by atoms with E-state index in [0.717, 1.165) is 31.8 Å². The van der Waals surface area contributed by atoms with Crippen molar-refractivity contribution < 1.29 is 9.53 Å². The zero-order valence-electron chi connectivity index (χ0n) is 12.2. The molecule has 1 aliphatic carbocycles. The van der Waals surface area contributed by atoms with Crippen LogP contribution in [0.4, 0.5) is 0 Å². The van der Waals surface area contributed by atoms with Crippen molar-refractivity contribution in [3.8, 4) is 0 Å². The summed E-state index contributed by atoms with van der Waals surface area (Å²) in [5.41, 5.74) is 1.43. The molecule has 1 saturated heterocycles. The van der Waals surface area contributed by atoms with E-state index in [-0.39, 0.29) is 12.0 Å². The zero-order chi connectivity index (χ0) is 15.4. The lowest BCUT2D eigenvalue weighted by molar-refractivity contribution is 0.00351. The SMILES string of the molecule is O=C(NC1=CCC([C@H]2CNCCO2)C=C1)c1ccc(Cl)cc1. The summed E-state index contributed by atoms with van der Waals surface area (Å²) in [4.78, 5) is 12.1. The molecule has 2 N–H and O–H groups in total. The summed E-state index contributed by atoms with van der Waals surface area (Å²) >= 11 is 5.83. The molecule has 0 bridgehead atoms. The number of rotatable bonds is 3. The van der Waals surface area contributed by atoms with Gasteiger partial charge in [-0.3, -0.25) is 4.79 Å². The van der Waals surface area contributed by atoms with Crippen molar-refractivity contribution in [2.45, 2.75) is 12.5 Å². The van der Waals surface area contributed by atoms with E-state index < -0.39 is 0 Å². The van der Waals surface area contributed by atoms with E-state index in [4.69, 9.17) is 16.3 Å². The Morgan fingerprint density at radius 1 is 1.32 bits per heavy atom. The van der Waals surface area contributed by atoms with Gasteiger partial charge in [0.1, 0.15) is 0 Å². The van der Waals surface area contributed by atoms with Crippen LogP contribution in [-0.2, 0) is 4.74 Å². The molecule has 5 heteroatoms. The molecule has 1 aliphatic heterocycles. The van der Waals surface area contributed by atoms with Gasteiger partial charge in [0.2, 0.25) is 0 Å². The fraction of sp³-hybridized carbons (Fsp3) is 0.353. The molecule has 0 saturated carbocycles. The third-order valence-electron chi connectivity index (χ3n) is 3.93. The Kier molecular flexibility index (Phi) is 4.93. The van der Waals surface area contributed by atoms with Gasteiger partial charge in [-0.1, -0.05) is 23.8 Å². The number of ether oxygens (including phenoxy) is 1. The van der Waals surface area contributed by atoms with Crippen molar-refractivity contribution in [3.05, 3.63) is 58.8 Å². The van der Waals surface area contributed by atoms with Crippen molar-refractivity contribution in [1.29, 1.82) is 0 Å². The highest BCUT2D eigenvalue weighted by molar-refractivity contribution is 6.30. The Hall–Kier alpha value is -1.62. The highest BCUT2D eigenvalue weighted by Crippen LogP contribution is 2.22. The molecule has 1 heterocycles. The van der Waals surface area contributed by atoms with E-state index in [1.54, 1.807) is 24.3 Å². The smallest absolute Gasteiger partial charge is 0.255 e. The molecule has 2 atom stereocenters. The first-order valence-electron chi connectivity index (χ1n) is 7.50. The van der Waals surface area contributed by atoms with E-state index in [0.29, 0.717) is 16.5 Å². The van der Waals surface area contributed by atoms with Crippen LogP contribution in [0.3, 0.4) is 0 Å². The molecule has 0 aromatic heterocycles. The minimum absolute atomic E-state index is 0.124. The maximum absolute atomic E-state index is 12.1. The van der Waals surface area contributed by atoms with Crippen LogP contribution in [0.2, 0.25) is 5.02 Å². The van der Waals surface area contributed by atoms with Crippen LogP contribution in [0.1, 0.15) is 16.8 Å². The minimum Gasteiger partial charge on any atom is -0.375 e. The van der Waals surface area contributed by atoms with Gasteiger partial charge in [0.15, 0.2) is 0 Å². The number of hydrogen-bond donors (Lipinski definition) is 2. The second kappa shape index (κ2) is 7.09. The first-order chi connectivity index (χ1) is 10.7. The van der Waals surface area contributed by atoms with Gasteiger partial charge in [0.25, 0.3) is 5.91 Å². The summed E-state index contributed by atoms with van der Waals surface area (Å²) in [5.74, 6) is 0.241. The van der Waals surface area contributed by atoms with Gasteiger partial charge in [-0.25, -0.2) is 0 Å². The predicted molar refractivity (Wildman–Crippen MR) is 86.9 cm³/mol. The standard InChI is InChI=1S/C17H19ClN2O2/c18-14-5-1-13(2-6-14)17(21)20-15-7-3-12(4-8-15)16-11-19-9-10-22-16/h1-3,5-8,12,16,19H,4,9-11H2,(H,20,21)/t12?,16-/m1/s1. The zero-order valence-corrected chi connectivity index (χ0v) is 13.0. The largest absolute Gasteiger partial charge is 0.375 e. The summed E-state index contributed by atoms with van der Waals surface area (Å²) in [6.45, 7) is 2.57. The van der Waals surface area contributed by atoms with Gasteiger partial charge in [0, 0.05) is 35.3 Å². The number of halogens is 1. The van der Waals surface area contributed by atoms with E-state index >= 15 is 0 Å². The molecule has 1 aromatic carbocycles. The van der Waals surface area contributed by atoms with Crippen LogP contribution in [0, 0.1) is 5.92 Å². The van der Waals surface area contributed by atoms with E-state index in [1.807, 2.05) is 6.08 Å². The molecule has 22 heavy (non-hydrogen) atoms. The molecule has 4 nitrogen and oxygen atoms in total. The molecule has 2 aliphatic rings. The van der Waals surface area contributed by atoms with E-state index in [2.05, 4.69) is 22.8 Å². The van der Waals surface area contributed by atoms with Crippen molar-refractivity contribution in [3.63, 3.8) is 0 Å². The van der Waals surface area contributed by atoms with Crippen LogP contribution in [-0.4, -0.2) is 31.7 Å². The molecule has 116 valence electrons. The lowest BCUT2D eigenvalue weighted by Gasteiger charge is -2.30. The second-order valence-electron chi connectivity index (χ2n) is 5.49. The Morgan fingerprint density at radius 2 is 2.14 bits per heavy atom. The maximum atomic E-state index is 12.1. The Morgan fingerprint density at radius 3 is 2.77 bits per heavy atom. The fourth-order valence-electron chi connectivity index (χ4n) is 2.67. The number of nitrogens with one attached hydrogen (secondary N) is 2. The van der Waals surface area contributed by atoms with Crippen LogP contribution in [0.5, 0.6) is 0 Å². The Balaban J connectivity index is 1.56. The van der Waals surface area contributed by atoms with Crippen molar-refractivity contribution in [2.24, 2.45) is 5.92 Å². The first kappa shape index (κ1) is 15.3. The summed E-state index contributed by atoms with van der Waals surface area (Å²) in [6.07, 6.45) is 7.22. The topological polar surface area (TPSA) is 50.4 Å². The summed E-state index contributed by atoms with van der Waals surface area (Å²) in [5, 5.41) is 6.88. The number of amides is 1. The molecule has 3 rings (SSSR count). The molecular formula is C17H19ClN2O2. The Bertz CT molecular complexity index is 589. The third-order valence-corrected chi connectivity index (χ3v) is 4.18. The van der Waals surface area contributed by atoms with Crippen LogP contribution in [0.25, 0.3) is 0 Å². The fourth-order valence-corrected chi connectivity index (χ4v) is 2.80. The van der Waals surface area contributed by atoms with Crippen LogP contribution in [0.15, 0.2) is 48.2 Å². The first-order valence-corrected chi connectivity index (χ1v) is 7.88. The van der Waals surface area contributed by atoms with Gasteiger partial charge < -0.3 is 15.4 Å². The van der Waals surface area contributed by atoms with Crippen molar-refractivity contribution in [2.75, 3.05) is 19.7 Å². The molecule has 1 unspecified atom stereocenters. The number of carbonyl (C=O) groups is 1. The molecule has 1 fully saturated rings.